The molecular formula is C13H30O4Si. The van der Waals surface area contributed by atoms with Gasteiger partial charge in [0, 0.05) is 39.1 Å². The number of ether oxygens (including phenoxy) is 1. The largest absolute Gasteiger partial charge is 0.501 e. The summed E-state index contributed by atoms with van der Waals surface area (Å²) in [6.07, 6.45) is 3.25. The fraction of sp³-hybridized carbons (Fsp3) is 1.00. The number of rotatable bonds is 13. The van der Waals surface area contributed by atoms with Crippen molar-refractivity contribution >= 4 is 8.80 Å². The molecule has 0 spiro atoms. The summed E-state index contributed by atoms with van der Waals surface area (Å²) in [6.45, 7) is 11.7. The van der Waals surface area contributed by atoms with Crippen LogP contribution in [0.5, 0.6) is 0 Å². The van der Waals surface area contributed by atoms with Gasteiger partial charge in [0.25, 0.3) is 0 Å². The normalized spacial score (nSPS) is 12.0. The van der Waals surface area contributed by atoms with Crippen LogP contribution >= 0.6 is 0 Å². The molecule has 0 aromatic carbocycles. The van der Waals surface area contributed by atoms with E-state index < -0.39 is 8.80 Å². The van der Waals surface area contributed by atoms with E-state index in [1.54, 1.807) is 0 Å². The highest BCUT2D eigenvalue weighted by molar-refractivity contribution is 6.60. The number of hydrogen-bond acceptors (Lipinski definition) is 4. The summed E-state index contributed by atoms with van der Waals surface area (Å²) in [4.78, 5) is 0. The maximum atomic E-state index is 5.78. The van der Waals surface area contributed by atoms with Gasteiger partial charge in [-0.05, 0) is 33.6 Å². The van der Waals surface area contributed by atoms with E-state index in [9.17, 15) is 0 Å². The molecule has 0 saturated heterocycles. The molecule has 0 atom stereocenters. The maximum Gasteiger partial charge on any atom is 0.501 e. The topological polar surface area (TPSA) is 36.9 Å². The summed E-state index contributed by atoms with van der Waals surface area (Å²) in [7, 11) is -2.44. The fourth-order valence-corrected chi connectivity index (χ4v) is 4.32. The Hall–Kier alpha value is 0.0569. The van der Waals surface area contributed by atoms with E-state index in [2.05, 4.69) is 6.92 Å². The molecule has 0 aliphatic rings. The molecule has 0 fully saturated rings. The van der Waals surface area contributed by atoms with Crippen molar-refractivity contribution in [2.75, 3.05) is 33.0 Å². The first-order chi connectivity index (χ1) is 8.74. The molecule has 0 rings (SSSR count). The molecule has 0 aliphatic carbocycles. The average molecular weight is 278 g/mol. The smallest absolute Gasteiger partial charge is 0.381 e. The zero-order chi connectivity index (χ0) is 13.7. The van der Waals surface area contributed by atoms with Gasteiger partial charge in [-0.3, -0.25) is 0 Å². The van der Waals surface area contributed by atoms with E-state index in [1.165, 1.54) is 6.42 Å². The van der Waals surface area contributed by atoms with Gasteiger partial charge < -0.3 is 18.0 Å². The van der Waals surface area contributed by atoms with Crippen molar-refractivity contribution in [2.45, 2.75) is 53.0 Å². The van der Waals surface area contributed by atoms with Crippen molar-refractivity contribution in [3.63, 3.8) is 0 Å². The Balaban J connectivity index is 3.97. The van der Waals surface area contributed by atoms with Crippen LogP contribution in [0.25, 0.3) is 0 Å². The van der Waals surface area contributed by atoms with Crippen molar-refractivity contribution < 1.29 is 18.0 Å². The predicted octanol–water partition coefficient (Wildman–Crippen LogP) is 3.24. The van der Waals surface area contributed by atoms with Crippen LogP contribution < -0.4 is 0 Å². The molecule has 0 saturated carbocycles. The highest BCUT2D eigenvalue weighted by Gasteiger charge is 2.39. The third-order valence-corrected chi connectivity index (χ3v) is 5.66. The Morgan fingerprint density at radius 3 is 1.67 bits per heavy atom. The van der Waals surface area contributed by atoms with Crippen LogP contribution in [0.2, 0.25) is 6.04 Å². The lowest BCUT2D eigenvalue weighted by molar-refractivity contribution is 0.0657. The fourth-order valence-electron chi connectivity index (χ4n) is 1.74. The van der Waals surface area contributed by atoms with Crippen LogP contribution in [0.1, 0.15) is 47.0 Å². The average Bonchev–Trinajstić information content (AvgIpc) is 2.35. The van der Waals surface area contributed by atoms with Crippen molar-refractivity contribution in [1.29, 1.82) is 0 Å². The van der Waals surface area contributed by atoms with Gasteiger partial charge in [0.05, 0.1) is 0 Å². The molecule has 0 amide bonds. The SMILES string of the molecule is CCCCOCCC[Si](OCC)(OCC)OCC. The molecular weight excluding hydrogens is 248 g/mol. The van der Waals surface area contributed by atoms with Gasteiger partial charge in [-0.15, -0.1) is 0 Å². The van der Waals surface area contributed by atoms with Crippen LogP contribution in [-0.4, -0.2) is 41.8 Å². The van der Waals surface area contributed by atoms with E-state index in [4.69, 9.17) is 18.0 Å². The Kier molecular flexibility index (Phi) is 12.1. The third-order valence-electron chi connectivity index (χ3n) is 2.51. The lowest BCUT2D eigenvalue weighted by Gasteiger charge is -2.28. The van der Waals surface area contributed by atoms with Gasteiger partial charge in [0.1, 0.15) is 0 Å². The molecule has 0 aromatic rings. The first-order valence-electron chi connectivity index (χ1n) is 7.24. The standard InChI is InChI=1S/C13H30O4Si/c1-5-9-11-14-12-10-13-18(15-6-2,16-7-3)17-8-4/h5-13H2,1-4H3. The first kappa shape index (κ1) is 18.1. The second-order valence-corrected chi connectivity index (χ2v) is 6.78. The number of unbranched alkanes of at least 4 members (excludes halogenated alkanes) is 1. The predicted molar refractivity (Wildman–Crippen MR) is 75.8 cm³/mol. The minimum Gasteiger partial charge on any atom is -0.381 e. The van der Waals surface area contributed by atoms with Crippen LogP contribution in [-0.2, 0) is 18.0 Å². The Morgan fingerprint density at radius 2 is 1.22 bits per heavy atom. The molecule has 0 aliphatic heterocycles. The van der Waals surface area contributed by atoms with Crippen molar-refractivity contribution in [3.05, 3.63) is 0 Å². The number of hydrogen-bond donors (Lipinski definition) is 0. The molecule has 0 aromatic heterocycles. The summed E-state index contributed by atoms with van der Waals surface area (Å²) in [6, 6.07) is 0.842. The molecule has 4 nitrogen and oxygen atoms in total. The molecule has 110 valence electrons. The van der Waals surface area contributed by atoms with Gasteiger partial charge in [-0.2, -0.15) is 0 Å². The zero-order valence-electron chi connectivity index (χ0n) is 12.5. The second kappa shape index (κ2) is 12.1. The van der Waals surface area contributed by atoms with Crippen LogP contribution in [0.4, 0.5) is 0 Å². The quantitative estimate of drug-likeness (QED) is 0.383. The highest BCUT2D eigenvalue weighted by Crippen LogP contribution is 2.18. The summed E-state index contributed by atoms with van der Waals surface area (Å²) in [5, 5.41) is 0. The van der Waals surface area contributed by atoms with Crippen molar-refractivity contribution in [1.82, 2.24) is 0 Å². The van der Waals surface area contributed by atoms with Gasteiger partial charge in [-0.1, -0.05) is 13.3 Å². The molecule has 5 heteroatoms. The second-order valence-electron chi connectivity index (χ2n) is 4.05. The molecule has 18 heavy (non-hydrogen) atoms. The molecule has 0 heterocycles. The molecule has 0 N–H and O–H groups in total. The zero-order valence-corrected chi connectivity index (χ0v) is 13.5. The van der Waals surface area contributed by atoms with E-state index in [0.29, 0.717) is 19.8 Å². The van der Waals surface area contributed by atoms with Crippen molar-refractivity contribution in [2.24, 2.45) is 0 Å². The molecule has 0 unspecified atom stereocenters. The summed E-state index contributed by atoms with van der Waals surface area (Å²) >= 11 is 0. The van der Waals surface area contributed by atoms with E-state index in [-0.39, 0.29) is 0 Å². The monoisotopic (exact) mass is 278 g/mol. The minimum atomic E-state index is -2.44. The van der Waals surface area contributed by atoms with Gasteiger partial charge >= 0.3 is 8.80 Å². The summed E-state index contributed by atoms with van der Waals surface area (Å²) < 4.78 is 22.9. The highest BCUT2D eigenvalue weighted by atomic mass is 28.4. The first-order valence-corrected chi connectivity index (χ1v) is 9.17. The lowest BCUT2D eigenvalue weighted by Crippen LogP contribution is -2.46. The summed E-state index contributed by atoms with van der Waals surface area (Å²) in [5.41, 5.74) is 0. The van der Waals surface area contributed by atoms with E-state index in [0.717, 1.165) is 32.1 Å². The third kappa shape index (κ3) is 8.21. The van der Waals surface area contributed by atoms with Crippen LogP contribution in [0.3, 0.4) is 0 Å². The van der Waals surface area contributed by atoms with Crippen LogP contribution in [0, 0.1) is 0 Å². The molecule has 0 bridgehead atoms. The summed E-state index contributed by atoms with van der Waals surface area (Å²) in [5.74, 6) is 0. The Morgan fingerprint density at radius 1 is 0.722 bits per heavy atom. The van der Waals surface area contributed by atoms with Crippen LogP contribution in [0.15, 0.2) is 0 Å². The lowest BCUT2D eigenvalue weighted by atomic mass is 10.4. The van der Waals surface area contributed by atoms with Crippen molar-refractivity contribution in [3.8, 4) is 0 Å². The Labute approximate surface area is 113 Å². The maximum absolute atomic E-state index is 5.78. The Bertz CT molecular complexity index is 161. The van der Waals surface area contributed by atoms with E-state index >= 15 is 0 Å². The minimum absolute atomic E-state index is 0.642. The van der Waals surface area contributed by atoms with Gasteiger partial charge in [0.15, 0.2) is 0 Å². The molecule has 0 radical (unpaired) electrons. The van der Waals surface area contributed by atoms with E-state index in [1.807, 2.05) is 20.8 Å². The van der Waals surface area contributed by atoms with Gasteiger partial charge in [0.2, 0.25) is 0 Å². The van der Waals surface area contributed by atoms with Gasteiger partial charge in [-0.25, -0.2) is 0 Å².